The predicted molar refractivity (Wildman–Crippen MR) is 129 cm³/mol. The van der Waals surface area contributed by atoms with E-state index in [1.54, 1.807) is 31.2 Å². The minimum absolute atomic E-state index is 0.0343. The lowest BCUT2D eigenvalue weighted by Gasteiger charge is -2.38. The van der Waals surface area contributed by atoms with Gasteiger partial charge in [0.1, 0.15) is 11.8 Å². The maximum absolute atomic E-state index is 13.9. The first-order chi connectivity index (χ1) is 17.5. The van der Waals surface area contributed by atoms with E-state index >= 15 is 0 Å². The molecule has 0 bridgehead atoms. The summed E-state index contributed by atoms with van der Waals surface area (Å²) in [5.41, 5.74) is -0.767. The highest BCUT2D eigenvalue weighted by Crippen LogP contribution is 2.42. The summed E-state index contributed by atoms with van der Waals surface area (Å²) in [6, 6.07) is 9.15. The number of aliphatic carboxylic acids is 1. The number of halogens is 3. The first-order valence-electron chi connectivity index (χ1n) is 11.2. The van der Waals surface area contributed by atoms with E-state index in [4.69, 9.17) is 4.74 Å². The molecule has 0 radical (unpaired) electrons. The molecule has 12 heteroatoms. The van der Waals surface area contributed by atoms with Crippen molar-refractivity contribution < 1.29 is 42.1 Å². The number of para-hydroxylation sites is 1. The minimum atomic E-state index is -4.66. The summed E-state index contributed by atoms with van der Waals surface area (Å²) in [6.07, 6.45) is -3.15. The third-order valence-corrected chi connectivity index (χ3v) is 6.61. The maximum Gasteiger partial charge on any atom is 0.417 e. The summed E-state index contributed by atoms with van der Waals surface area (Å²) in [6.45, 7) is 1.86. The van der Waals surface area contributed by atoms with Crippen molar-refractivity contribution in [1.82, 2.24) is 9.80 Å². The lowest BCUT2D eigenvalue weighted by Crippen LogP contribution is -2.59. The summed E-state index contributed by atoms with van der Waals surface area (Å²) in [4.78, 5) is 38.8. The number of carbonyl (C=O) groups excluding carboxylic acids is 2. The Kier molecular flexibility index (Phi) is 9.09. The molecule has 2 aromatic carbocycles. The molecule has 0 aromatic heterocycles. The molecule has 2 amide bonds. The van der Waals surface area contributed by atoms with Crippen LogP contribution >= 0.6 is 11.8 Å². The largest absolute Gasteiger partial charge is 0.493 e. The van der Waals surface area contributed by atoms with Crippen LogP contribution in [-0.2, 0) is 20.5 Å². The monoisotopic (exact) mass is 538 g/mol. The molecule has 3 rings (SSSR count). The smallest absolute Gasteiger partial charge is 0.417 e. The molecule has 1 aliphatic heterocycles. The number of carboxylic acid groups (broad SMARTS) is 1. The molecule has 1 saturated heterocycles. The van der Waals surface area contributed by atoms with Crippen molar-refractivity contribution in [2.24, 2.45) is 0 Å². The number of nitrogens with zero attached hydrogens (tertiary/aromatic N) is 2. The molecule has 0 aliphatic carbocycles. The number of amides is 2. The highest BCUT2D eigenvalue weighted by molar-refractivity contribution is 7.99. The molecule has 8 nitrogen and oxygen atoms in total. The summed E-state index contributed by atoms with van der Waals surface area (Å²) >= 11 is 0.919. The zero-order valence-corrected chi connectivity index (χ0v) is 20.8. The van der Waals surface area contributed by atoms with Crippen LogP contribution in [0.25, 0.3) is 6.08 Å². The second-order valence-electron chi connectivity index (χ2n) is 7.87. The Morgan fingerprint density at radius 1 is 1.14 bits per heavy atom. The average Bonchev–Trinajstić information content (AvgIpc) is 2.87. The Balaban J connectivity index is 1.82. The second-order valence-corrected chi connectivity index (χ2v) is 8.95. The number of piperazine rings is 1. The van der Waals surface area contributed by atoms with Gasteiger partial charge in [-0.25, -0.2) is 9.59 Å². The molecule has 1 atom stereocenters. The van der Waals surface area contributed by atoms with Gasteiger partial charge in [0.05, 0.1) is 30.7 Å². The summed E-state index contributed by atoms with van der Waals surface area (Å²) in [7, 11) is 1.16. The number of hydrogen-bond donors (Lipinski definition) is 1. The highest BCUT2D eigenvalue weighted by Gasteiger charge is 2.37. The van der Waals surface area contributed by atoms with E-state index in [0.717, 1.165) is 35.9 Å². The number of benzene rings is 2. The lowest BCUT2D eigenvalue weighted by molar-refractivity contribution is -0.151. The SMILES string of the molecule is CCOc1ccccc1Sc1ccc(/C=C/C(=O)N2CCN(C(=O)OC)CC2C(=O)O)cc1C(F)(F)F. The molecule has 1 aliphatic rings. The van der Waals surface area contributed by atoms with Crippen molar-refractivity contribution in [1.29, 1.82) is 0 Å². The first-order valence-corrected chi connectivity index (χ1v) is 12.0. The number of methoxy groups -OCH3 is 1. The van der Waals surface area contributed by atoms with Crippen molar-refractivity contribution in [3.63, 3.8) is 0 Å². The van der Waals surface area contributed by atoms with Gasteiger partial charge in [0, 0.05) is 24.1 Å². The quantitative estimate of drug-likeness (QED) is 0.514. The number of ether oxygens (including phenoxy) is 2. The number of alkyl halides is 3. The number of carbonyl (C=O) groups is 3. The third-order valence-electron chi connectivity index (χ3n) is 5.48. The fourth-order valence-corrected chi connectivity index (χ4v) is 4.74. The van der Waals surface area contributed by atoms with Gasteiger partial charge in [-0.15, -0.1) is 0 Å². The van der Waals surface area contributed by atoms with Gasteiger partial charge in [-0.3, -0.25) is 4.79 Å². The second kappa shape index (κ2) is 12.0. The number of rotatable bonds is 7. The normalized spacial score (nSPS) is 16.1. The van der Waals surface area contributed by atoms with Crippen molar-refractivity contribution in [2.45, 2.75) is 28.9 Å². The van der Waals surface area contributed by atoms with E-state index in [9.17, 15) is 32.7 Å². The molecule has 198 valence electrons. The Morgan fingerprint density at radius 3 is 2.51 bits per heavy atom. The topological polar surface area (TPSA) is 96.4 Å². The minimum Gasteiger partial charge on any atom is -0.493 e. The van der Waals surface area contributed by atoms with E-state index in [0.29, 0.717) is 17.3 Å². The van der Waals surface area contributed by atoms with Gasteiger partial charge in [-0.05, 0) is 42.8 Å². The van der Waals surface area contributed by atoms with Crippen molar-refractivity contribution >= 4 is 35.8 Å². The zero-order chi connectivity index (χ0) is 27.2. The third kappa shape index (κ3) is 6.97. The zero-order valence-electron chi connectivity index (χ0n) is 20.0. The highest BCUT2D eigenvalue weighted by atomic mass is 32.2. The van der Waals surface area contributed by atoms with Gasteiger partial charge >= 0.3 is 18.2 Å². The van der Waals surface area contributed by atoms with Gasteiger partial charge in [0.15, 0.2) is 0 Å². The van der Waals surface area contributed by atoms with Gasteiger partial charge in [-0.2, -0.15) is 13.2 Å². The van der Waals surface area contributed by atoms with Crippen molar-refractivity contribution in [3.8, 4) is 5.75 Å². The summed E-state index contributed by atoms with van der Waals surface area (Å²) < 4.78 is 51.8. The summed E-state index contributed by atoms with van der Waals surface area (Å²) in [5.74, 6) is -1.55. The Hall–Kier alpha value is -3.67. The van der Waals surface area contributed by atoms with Crippen molar-refractivity contribution in [3.05, 3.63) is 59.7 Å². The van der Waals surface area contributed by atoms with E-state index in [1.165, 1.54) is 23.1 Å². The number of hydrogen-bond acceptors (Lipinski definition) is 6. The van der Waals surface area contributed by atoms with E-state index in [1.807, 2.05) is 0 Å². The van der Waals surface area contributed by atoms with Crippen LogP contribution in [0.4, 0.5) is 18.0 Å². The van der Waals surface area contributed by atoms with E-state index in [-0.39, 0.29) is 30.1 Å². The van der Waals surface area contributed by atoms with Crippen LogP contribution in [0.3, 0.4) is 0 Å². The van der Waals surface area contributed by atoms with Gasteiger partial charge in [0.2, 0.25) is 5.91 Å². The molecule has 2 aromatic rings. The molecule has 0 saturated carbocycles. The molecule has 37 heavy (non-hydrogen) atoms. The summed E-state index contributed by atoms with van der Waals surface area (Å²) in [5, 5.41) is 9.51. The Bertz CT molecular complexity index is 1190. The molecule has 1 N–H and O–H groups in total. The maximum atomic E-state index is 13.9. The fraction of sp³-hybridized carbons (Fsp3) is 0.320. The van der Waals surface area contributed by atoms with E-state index in [2.05, 4.69) is 4.74 Å². The van der Waals surface area contributed by atoms with Gasteiger partial charge < -0.3 is 24.4 Å². The molecule has 1 heterocycles. The fourth-order valence-electron chi connectivity index (χ4n) is 3.71. The molecule has 1 fully saturated rings. The van der Waals surface area contributed by atoms with E-state index < -0.39 is 35.8 Å². The van der Waals surface area contributed by atoms with Crippen LogP contribution in [0.5, 0.6) is 5.75 Å². The first kappa shape index (κ1) is 27.9. The Labute approximate surface area is 215 Å². The number of carboxylic acids is 1. The Morgan fingerprint density at radius 2 is 1.86 bits per heavy atom. The molecule has 0 spiro atoms. The molecular formula is C25H25F3N2O6S. The van der Waals surface area contributed by atoms with Crippen LogP contribution in [-0.4, -0.2) is 72.3 Å². The van der Waals surface area contributed by atoms with Crippen LogP contribution in [0.15, 0.2) is 58.3 Å². The van der Waals surface area contributed by atoms with Crippen molar-refractivity contribution in [2.75, 3.05) is 33.4 Å². The standard InChI is InChI=1S/C25H25F3N2O6S/c1-3-36-19-6-4-5-7-21(19)37-20-10-8-16(14-17(20)25(26,27)28)9-11-22(31)30-13-12-29(24(34)35-2)15-18(30)23(32)33/h4-11,14,18H,3,12-13,15H2,1-2H3,(H,32,33)/b11-9+. The van der Waals surface area contributed by atoms with Gasteiger partial charge in [-0.1, -0.05) is 30.0 Å². The lowest BCUT2D eigenvalue weighted by atomic mass is 10.1. The van der Waals surface area contributed by atoms with Crippen LogP contribution in [0.2, 0.25) is 0 Å². The predicted octanol–water partition coefficient (Wildman–Crippen LogP) is 4.63. The van der Waals surface area contributed by atoms with Crippen LogP contribution in [0, 0.1) is 0 Å². The van der Waals surface area contributed by atoms with Gasteiger partial charge in [0.25, 0.3) is 0 Å². The van der Waals surface area contributed by atoms with Crippen LogP contribution < -0.4 is 4.74 Å². The average molecular weight is 539 g/mol. The molecular weight excluding hydrogens is 513 g/mol. The molecule has 1 unspecified atom stereocenters. The van der Waals surface area contributed by atoms with Crippen LogP contribution in [0.1, 0.15) is 18.1 Å².